The van der Waals surface area contributed by atoms with Crippen LogP contribution < -0.4 is 83.3 Å². The number of carbonyl (C=O) groups excluding carboxylic acids is 2. The van der Waals surface area contributed by atoms with Crippen LogP contribution in [0.3, 0.4) is 0 Å². The Labute approximate surface area is 579 Å². The highest BCUT2D eigenvalue weighted by Crippen LogP contribution is 2.31. The van der Waals surface area contributed by atoms with Crippen LogP contribution in [0, 0.1) is 41.5 Å². The number of ketones is 2. The molecular weight excluding hydrogens is 1270 g/mol. The van der Waals surface area contributed by atoms with Gasteiger partial charge in [-0.05, 0) is 182 Å². The lowest BCUT2D eigenvalue weighted by molar-refractivity contribution is 0.104. The molecule has 1 unspecified atom stereocenters. The topological polar surface area (TPSA) is 245 Å². The van der Waals surface area contributed by atoms with Gasteiger partial charge in [0.05, 0.1) is 113 Å². The van der Waals surface area contributed by atoms with E-state index in [-0.39, 0.29) is 17.3 Å². The number of aromatic nitrogens is 8. The summed E-state index contributed by atoms with van der Waals surface area (Å²) in [6.45, 7) is 16.2. The van der Waals surface area contributed by atoms with E-state index in [9.17, 15) is 9.59 Å². The van der Waals surface area contributed by atoms with Crippen molar-refractivity contribution in [2.75, 3.05) is 27.4 Å². The number of carbonyl (C=O) groups is 2. The highest BCUT2D eigenvalue weighted by Gasteiger charge is 2.27. The zero-order chi connectivity index (χ0) is 69.1. The van der Waals surface area contributed by atoms with Crippen molar-refractivity contribution < 1.29 is 28.3 Å². The highest BCUT2D eigenvalue weighted by molar-refractivity contribution is 7.17. The third kappa shape index (κ3) is 13.4. The summed E-state index contributed by atoms with van der Waals surface area (Å²) in [6.07, 6.45) is 14.0. The standard InChI is InChI=1S/C30H24N4O2S.C27H32N4O.C24H20N4O3/c1-17-14-18(2)32-22(17)15-23-25(36-3)16-24(33-23)29-28(19-8-4-5-9-20(19)34-29)30(35)27-12-11-26(37-27)21-10-6-7-13-31-21;1-4-32-26-16-25(30-24(26)15-23-17(2)14-18(3)29-23)27-21(12-11-19-8-7-13-28-19)20-9-5-6-10-22(20)31-27;1-13-10-14(2)25-18(13)11-19-21(30-3)12-20(26-19)23-22(24(29)17-8-9-31-28-17)15-6-4-5-7-16(15)27-23/h4-16,32-33H,1-3H3;5-6,9-10,14-16,19,28-30H,4,7-8,11-13H2,1-3H3;4-12,25-26H,1-3H3/b23-15-,29-24?;24-15-,27-25?;19-11-,23-20?. The van der Waals surface area contributed by atoms with Gasteiger partial charge in [-0.15, -0.1) is 11.3 Å². The molecule has 12 aromatic rings. The lowest BCUT2D eigenvalue weighted by Crippen LogP contribution is -2.25. The molecule has 16 rings (SSSR count). The lowest BCUT2D eigenvalue weighted by Gasteiger charge is -2.11. The number of fused-ring (bicyclic) bond motifs is 3. The number of pyridine rings is 1. The van der Waals surface area contributed by atoms with Gasteiger partial charge in [0.2, 0.25) is 11.6 Å². The molecule has 0 radical (unpaired) electrons. The quantitative estimate of drug-likeness (QED) is 0.0524. The molecule has 13 heterocycles. The minimum absolute atomic E-state index is 0.0641. The third-order valence-electron chi connectivity index (χ3n) is 18.2. The predicted molar refractivity (Wildman–Crippen MR) is 391 cm³/mol. The van der Waals surface area contributed by atoms with Gasteiger partial charge in [-0.2, -0.15) is 0 Å². The molecule has 1 atom stereocenters. The van der Waals surface area contributed by atoms with Crippen molar-refractivity contribution in [1.82, 2.24) is 45.4 Å². The number of methoxy groups -OCH3 is 2. The first-order chi connectivity index (χ1) is 48.7. The number of aromatic amines is 6. The van der Waals surface area contributed by atoms with Crippen LogP contribution in [0.5, 0.6) is 17.2 Å². The number of para-hydroxylation sites is 3. The lowest BCUT2D eigenvalue weighted by atomic mass is 10.0. The monoisotopic (exact) mass is 1340 g/mol. The van der Waals surface area contributed by atoms with Crippen LogP contribution in [0.4, 0.5) is 0 Å². The average Bonchev–Trinajstić information content (AvgIpc) is 1.62. The molecule has 0 spiro atoms. The van der Waals surface area contributed by atoms with Gasteiger partial charge in [-0.1, -0.05) is 65.8 Å². The van der Waals surface area contributed by atoms with Crippen molar-refractivity contribution in [3.8, 4) is 27.8 Å². The maximum Gasteiger partial charge on any atom is 0.217 e. The summed E-state index contributed by atoms with van der Waals surface area (Å²) in [7, 11) is 3.26. The molecule has 1 saturated heterocycles. The van der Waals surface area contributed by atoms with Crippen molar-refractivity contribution in [3.05, 3.63) is 283 Å². The molecule has 9 aromatic heterocycles. The molecule has 502 valence electrons. The Hall–Kier alpha value is -11.7. The summed E-state index contributed by atoms with van der Waals surface area (Å²) in [6, 6.07) is 47.8. The second-order valence-electron chi connectivity index (χ2n) is 25.2. The van der Waals surface area contributed by atoms with Gasteiger partial charge in [-0.25, -0.2) is 15.0 Å². The molecule has 100 heavy (non-hydrogen) atoms. The Balaban J connectivity index is 0.000000128. The van der Waals surface area contributed by atoms with E-state index in [4.69, 9.17) is 33.7 Å². The van der Waals surface area contributed by atoms with E-state index in [1.54, 1.807) is 26.5 Å². The molecule has 0 aliphatic carbocycles. The molecule has 4 aliphatic heterocycles. The van der Waals surface area contributed by atoms with Crippen LogP contribution in [0.25, 0.3) is 62.6 Å². The number of hydrogen-bond acceptors (Lipinski definition) is 13. The molecule has 0 saturated carbocycles. The van der Waals surface area contributed by atoms with Crippen LogP contribution in [0.1, 0.15) is 104 Å². The van der Waals surface area contributed by atoms with E-state index >= 15 is 0 Å². The van der Waals surface area contributed by atoms with Crippen LogP contribution in [-0.4, -0.2) is 85.0 Å². The smallest absolute Gasteiger partial charge is 0.217 e. The average molecular weight is 1350 g/mol. The predicted octanol–water partition coefficient (Wildman–Crippen LogP) is 6.97. The molecule has 3 aromatic carbocycles. The third-order valence-corrected chi connectivity index (χ3v) is 19.3. The molecule has 4 aliphatic rings. The number of rotatable bonds is 15. The first-order valence-electron chi connectivity index (χ1n) is 33.5. The number of nitrogens with one attached hydrogen (secondary N) is 7. The summed E-state index contributed by atoms with van der Waals surface area (Å²) < 4.78 is 22.2. The number of aryl methyl sites for hydroxylation is 6. The number of Topliss-reactive ketones (excluding diaryl/α,β-unsaturated/α-hetero) is 2. The van der Waals surface area contributed by atoms with E-state index in [0.717, 1.165) is 140 Å². The molecule has 0 amide bonds. The summed E-state index contributed by atoms with van der Waals surface area (Å²) >= 11 is 1.44. The zero-order valence-electron chi connectivity index (χ0n) is 57.2. The van der Waals surface area contributed by atoms with Crippen molar-refractivity contribution in [2.45, 2.75) is 80.2 Å². The van der Waals surface area contributed by atoms with Crippen LogP contribution >= 0.6 is 11.3 Å². The van der Waals surface area contributed by atoms with Crippen molar-refractivity contribution in [2.24, 2.45) is 15.0 Å². The number of thiophene rings is 1. The Kier molecular flexibility index (Phi) is 18.6. The van der Waals surface area contributed by atoms with Crippen LogP contribution in [0.2, 0.25) is 0 Å². The fourth-order valence-corrected chi connectivity index (χ4v) is 14.4. The van der Waals surface area contributed by atoms with Gasteiger partial charge >= 0.3 is 0 Å². The number of hydrogen-bond donors (Lipinski definition) is 7. The highest BCUT2D eigenvalue weighted by atomic mass is 32.1. The Morgan fingerprint density at radius 1 is 0.560 bits per heavy atom. The van der Waals surface area contributed by atoms with Gasteiger partial charge in [0.15, 0.2) is 5.69 Å². The SMILES string of the molecule is CCOc1cc(=C2N=c3ccccc3=C2CCC2CCCN2)[nH]/c1=C\c1[nH]c(C)cc1C.COc1cc(=C2N=c3ccccc3=C2C(=O)c2ccc(-c3ccccn3)s2)[nH]/c1=C\c1[nH]c(C)cc1C.COc1cc(=C2N=c3ccccc3=C2C(=O)c2ccon2)[nH]/c1=C\c1[nH]c(C)cc1C. The molecule has 1 fully saturated rings. The van der Waals surface area contributed by atoms with Crippen molar-refractivity contribution >= 4 is 74.9 Å². The summed E-state index contributed by atoms with van der Waals surface area (Å²) in [4.78, 5) is 68.5. The van der Waals surface area contributed by atoms with Crippen molar-refractivity contribution in [3.63, 3.8) is 0 Å². The van der Waals surface area contributed by atoms with Crippen LogP contribution in [-0.2, 0) is 0 Å². The number of benzene rings is 3. The second kappa shape index (κ2) is 28.4. The van der Waals surface area contributed by atoms with E-state index in [0.29, 0.717) is 56.9 Å². The van der Waals surface area contributed by atoms with E-state index in [2.05, 4.69) is 121 Å². The normalized spacial score (nSPS) is 16.5. The maximum atomic E-state index is 14.0. The summed E-state index contributed by atoms with van der Waals surface area (Å²) in [5.74, 6) is 1.90. The fourth-order valence-electron chi connectivity index (χ4n) is 13.5. The molecule has 18 nitrogen and oxygen atoms in total. The minimum atomic E-state index is -0.243. The number of H-pyrrole nitrogens is 6. The van der Waals surface area contributed by atoms with E-state index < -0.39 is 0 Å². The molecular formula is C81H76N12O6S. The molecule has 0 bridgehead atoms. The van der Waals surface area contributed by atoms with Gasteiger partial charge in [0.1, 0.15) is 23.5 Å². The van der Waals surface area contributed by atoms with E-state index in [1.807, 2.05) is 131 Å². The maximum absolute atomic E-state index is 14.0. The zero-order valence-corrected chi connectivity index (χ0v) is 58.0. The van der Waals surface area contributed by atoms with Gasteiger partial charge < -0.3 is 54.0 Å². The van der Waals surface area contributed by atoms with E-state index in [1.165, 1.54) is 46.8 Å². The Morgan fingerprint density at radius 2 is 1.06 bits per heavy atom. The van der Waals surface area contributed by atoms with Gasteiger partial charge in [0.25, 0.3) is 0 Å². The largest absolute Gasteiger partial charge is 0.494 e. The van der Waals surface area contributed by atoms with Gasteiger partial charge in [-0.3, -0.25) is 14.6 Å². The van der Waals surface area contributed by atoms with Crippen molar-refractivity contribution in [1.29, 1.82) is 0 Å². The Morgan fingerprint density at radius 3 is 1.55 bits per heavy atom. The minimum Gasteiger partial charge on any atom is -0.494 e. The summed E-state index contributed by atoms with van der Waals surface area (Å²) in [5.41, 5.74) is 15.6. The first kappa shape index (κ1) is 65.6. The summed E-state index contributed by atoms with van der Waals surface area (Å²) in [5, 5.41) is 17.9. The molecule has 7 N–H and O–H groups in total. The number of ether oxygens (including phenoxy) is 3. The molecule has 19 heteroatoms. The van der Waals surface area contributed by atoms with Gasteiger partial charge in [0, 0.05) is 86.3 Å². The second-order valence-corrected chi connectivity index (χ2v) is 26.3. The Bertz CT molecular complexity index is 5990. The fraction of sp³-hybridized carbons (Fsp3) is 0.198. The number of nitrogens with zero attached hydrogens (tertiary/aromatic N) is 5. The first-order valence-corrected chi connectivity index (χ1v) is 34.3. The van der Waals surface area contributed by atoms with Crippen LogP contribution in [0.15, 0.2) is 178 Å².